The lowest BCUT2D eigenvalue weighted by atomic mass is 10.1. The van der Waals surface area contributed by atoms with Gasteiger partial charge in [0, 0.05) is 24.8 Å². The molecule has 0 saturated carbocycles. The summed E-state index contributed by atoms with van der Waals surface area (Å²) in [6, 6.07) is 13.8. The highest BCUT2D eigenvalue weighted by molar-refractivity contribution is 5.90. The molecule has 3 aromatic rings. The van der Waals surface area contributed by atoms with Crippen LogP contribution >= 0.6 is 0 Å². The lowest BCUT2D eigenvalue weighted by molar-refractivity contribution is -0.137. The predicted octanol–water partition coefficient (Wildman–Crippen LogP) is 4.94. The number of rotatable bonds is 6. The zero-order valence-corrected chi connectivity index (χ0v) is 15.8. The van der Waals surface area contributed by atoms with Gasteiger partial charge in [0.05, 0.1) is 17.9 Å². The van der Waals surface area contributed by atoms with Crippen LogP contribution in [-0.2, 0) is 23.9 Å². The van der Waals surface area contributed by atoms with Crippen molar-refractivity contribution in [3.8, 4) is 5.75 Å². The summed E-state index contributed by atoms with van der Waals surface area (Å²) in [6.07, 6.45) is -1.62. The van der Waals surface area contributed by atoms with E-state index in [9.17, 15) is 18.0 Å². The van der Waals surface area contributed by atoms with Crippen LogP contribution in [0.2, 0.25) is 0 Å². The number of aromatic nitrogens is 1. The molecule has 1 aliphatic heterocycles. The molecule has 0 fully saturated rings. The van der Waals surface area contributed by atoms with Gasteiger partial charge in [0.2, 0.25) is 6.41 Å². The van der Waals surface area contributed by atoms with E-state index in [1.807, 2.05) is 18.2 Å². The highest BCUT2D eigenvalue weighted by Crippen LogP contribution is 2.35. The third kappa shape index (κ3) is 4.07. The number of benzene rings is 2. The first-order valence-corrected chi connectivity index (χ1v) is 9.31. The quantitative estimate of drug-likeness (QED) is 0.582. The second-order valence-electron chi connectivity index (χ2n) is 6.79. The number of carbonyl (C=O) groups is 1. The van der Waals surface area contributed by atoms with Crippen molar-refractivity contribution in [1.29, 1.82) is 0 Å². The number of pyridine rings is 1. The maximum Gasteiger partial charge on any atom is 0.416 e. The third-order valence-corrected chi connectivity index (χ3v) is 4.82. The van der Waals surface area contributed by atoms with Crippen molar-refractivity contribution in [1.82, 2.24) is 4.98 Å². The maximum atomic E-state index is 13.1. The molecule has 1 N–H and O–H groups in total. The molecule has 1 amide bonds. The first-order chi connectivity index (χ1) is 14.5. The SMILES string of the molecule is O=CN(c1cccc(C(F)(F)F)c1)c1cccnc1NCc1ccc2c(c1)CCO2. The Kier molecular flexibility index (Phi) is 5.31. The van der Waals surface area contributed by atoms with Gasteiger partial charge in [-0.25, -0.2) is 4.98 Å². The summed E-state index contributed by atoms with van der Waals surface area (Å²) in [5, 5.41) is 3.18. The van der Waals surface area contributed by atoms with Crippen LogP contribution in [0.5, 0.6) is 5.75 Å². The van der Waals surface area contributed by atoms with Crippen LogP contribution in [0.1, 0.15) is 16.7 Å². The van der Waals surface area contributed by atoms with Gasteiger partial charge in [-0.1, -0.05) is 18.2 Å². The van der Waals surface area contributed by atoms with Gasteiger partial charge in [-0.05, 0) is 47.5 Å². The van der Waals surface area contributed by atoms with E-state index in [4.69, 9.17) is 4.74 Å². The Morgan fingerprint density at radius 1 is 1.13 bits per heavy atom. The summed E-state index contributed by atoms with van der Waals surface area (Å²) in [4.78, 5) is 17.2. The summed E-state index contributed by atoms with van der Waals surface area (Å²) in [6.45, 7) is 1.11. The van der Waals surface area contributed by atoms with E-state index in [1.54, 1.807) is 18.3 Å². The fraction of sp³-hybridized carbons (Fsp3) is 0.182. The molecule has 1 aliphatic rings. The molecule has 2 aromatic carbocycles. The number of anilines is 3. The van der Waals surface area contributed by atoms with E-state index in [-0.39, 0.29) is 5.69 Å². The average Bonchev–Trinajstić information content (AvgIpc) is 3.21. The number of halogens is 3. The van der Waals surface area contributed by atoms with E-state index in [0.717, 1.165) is 40.3 Å². The van der Waals surface area contributed by atoms with Crippen molar-refractivity contribution >= 4 is 23.6 Å². The number of hydrogen-bond donors (Lipinski definition) is 1. The summed E-state index contributed by atoms with van der Waals surface area (Å²) in [7, 11) is 0. The first-order valence-electron chi connectivity index (χ1n) is 9.31. The Morgan fingerprint density at radius 3 is 2.80 bits per heavy atom. The van der Waals surface area contributed by atoms with Crippen LogP contribution in [0.15, 0.2) is 60.8 Å². The first kappa shape index (κ1) is 19.8. The minimum Gasteiger partial charge on any atom is -0.493 e. The van der Waals surface area contributed by atoms with E-state index < -0.39 is 11.7 Å². The molecule has 0 radical (unpaired) electrons. The predicted molar refractivity (Wildman–Crippen MR) is 107 cm³/mol. The van der Waals surface area contributed by atoms with E-state index in [1.165, 1.54) is 12.1 Å². The van der Waals surface area contributed by atoms with E-state index in [2.05, 4.69) is 10.3 Å². The van der Waals surface area contributed by atoms with Gasteiger partial charge in [0.25, 0.3) is 0 Å². The Labute approximate surface area is 171 Å². The fourth-order valence-electron chi connectivity index (χ4n) is 3.35. The number of nitrogens with one attached hydrogen (secondary N) is 1. The van der Waals surface area contributed by atoms with Crippen molar-refractivity contribution in [2.45, 2.75) is 19.1 Å². The van der Waals surface area contributed by atoms with Crippen molar-refractivity contribution in [2.24, 2.45) is 0 Å². The number of carbonyl (C=O) groups excluding carboxylic acids is 1. The molecule has 0 unspecified atom stereocenters. The van der Waals surface area contributed by atoms with Gasteiger partial charge in [-0.15, -0.1) is 0 Å². The minimum absolute atomic E-state index is 0.102. The molecular formula is C22H18F3N3O2. The zero-order chi connectivity index (χ0) is 21.1. The summed E-state index contributed by atoms with van der Waals surface area (Å²) < 4.78 is 44.7. The molecule has 5 nitrogen and oxygen atoms in total. The summed E-state index contributed by atoms with van der Waals surface area (Å²) >= 11 is 0. The molecule has 30 heavy (non-hydrogen) atoms. The van der Waals surface area contributed by atoms with Gasteiger partial charge in [0.15, 0.2) is 5.82 Å². The van der Waals surface area contributed by atoms with Gasteiger partial charge < -0.3 is 10.1 Å². The van der Waals surface area contributed by atoms with Crippen molar-refractivity contribution in [2.75, 3.05) is 16.8 Å². The smallest absolute Gasteiger partial charge is 0.416 e. The topological polar surface area (TPSA) is 54.5 Å². The number of amides is 1. The molecule has 2 heterocycles. The molecule has 0 atom stereocenters. The summed E-state index contributed by atoms with van der Waals surface area (Å²) in [5.41, 5.74) is 1.77. The second kappa shape index (κ2) is 8.06. The van der Waals surface area contributed by atoms with E-state index >= 15 is 0 Å². The van der Waals surface area contributed by atoms with Crippen molar-refractivity contribution in [3.63, 3.8) is 0 Å². The molecule has 154 valence electrons. The largest absolute Gasteiger partial charge is 0.493 e. The molecule has 8 heteroatoms. The van der Waals surface area contributed by atoms with Crippen LogP contribution in [0, 0.1) is 0 Å². The van der Waals surface area contributed by atoms with Crippen LogP contribution in [0.3, 0.4) is 0 Å². The van der Waals surface area contributed by atoms with Gasteiger partial charge >= 0.3 is 6.18 Å². The Balaban J connectivity index is 1.59. The zero-order valence-electron chi connectivity index (χ0n) is 15.8. The van der Waals surface area contributed by atoms with Crippen molar-refractivity contribution in [3.05, 3.63) is 77.5 Å². The maximum absolute atomic E-state index is 13.1. The molecule has 0 aliphatic carbocycles. The van der Waals surface area contributed by atoms with Crippen molar-refractivity contribution < 1.29 is 22.7 Å². The lowest BCUT2D eigenvalue weighted by Crippen LogP contribution is -2.18. The van der Waals surface area contributed by atoms with Gasteiger partial charge in [-0.2, -0.15) is 13.2 Å². The van der Waals surface area contributed by atoms with Gasteiger partial charge in [0.1, 0.15) is 5.75 Å². The van der Waals surface area contributed by atoms with Crippen LogP contribution < -0.4 is 15.0 Å². The number of hydrogen-bond acceptors (Lipinski definition) is 4. The second-order valence-corrected chi connectivity index (χ2v) is 6.79. The van der Waals surface area contributed by atoms with Crippen LogP contribution in [-0.4, -0.2) is 18.0 Å². The lowest BCUT2D eigenvalue weighted by Gasteiger charge is -2.21. The molecule has 0 bridgehead atoms. The average molecular weight is 413 g/mol. The van der Waals surface area contributed by atoms with Crippen LogP contribution in [0.25, 0.3) is 0 Å². The van der Waals surface area contributed by atoms with E-state index in [0.29, 0.717) is 31.1 Å². The highest BCUT2D eigenvalue weighted by Gasteiger charge is 2.31. The number of ether oxygens (including phenoxy) is 1. The highest BCUT2D eigenvalue weighted by atomic mass is 19.4. The molecule has 0 saturated heterocycles. The summed E-state index contributed by atoms with van der Waals surface area (Å²) in [5.74, 6) is 1.27. The Morgan fingerprint density at radius 2 is 2.00 bits per heavy atom. The van der Waals surface area contributed by atoms with Gasteiger partial charge in [-0.3, -0.25) is 9.69 Å². The number of alkyl halides is 3. The number of fused-ring (bicyclic) bond motifs is 1. The minimum atomic E-state index is -4.50. The monoisotopic (exact) mass is 413 g/mol. The molecule has 4 rings (SSSR count). The molecular weight excluding hydrogens is 395 g/mol. The molecule has 1 aromatic heterocycles. The normalized spacial score (nSPS) is 12.8. The third-order valence-electron chi connectivity index (χ3n) is 4.82. The Hall–Kier alpha value is -3.55. The standard InChI is InChI=1S/C22H18F3N3O2/c23-22(24,25)17-3-1-4-18(12-17)28(14-29)19-5-2-9-26-21(19)27-13-15-6-7-20-16(11-15)8-10-30-20/h1-7,9,11-12,14H,8,10,13H2,(H,26,27). The molecule has 0 spiro atoms. The fourth-order valence-corrected chi connectivity index (χ4v) is 3.35. The Bertz CT molecular complexity index is 1070. The van der Waals surface area contributed by atoms with Crippen LogP contribution in [0.4, 0.5) is 30.4 Å². The number of nitrogens with zero attached hydrogens (tertiary/aromatic N) is 2.